The van der Waals surface area contributed by atoms with Gasteiger partial charge in [0.1, 0.15) is 12.4 Å². The lowest BCUT2D eigenvalue weighted by Crippen LogP contribution is -2.46. The van der Waals surface area contributed by atoms with E-state index in [-0.39, 0.29) is 35.9 Å². The van der Waals surface area contributed by atoms with Crippen LogP contribution in [0.2, 0.25) is 0 Å². The van der Waals surface area contributed by atoms with Gasteiger partial charge < -0.3 is 20.7 Å². The van der Waals surface area contributed by atoms with Gasteiger partial charge in [-0.05, 0) is 24.1 Å². The summed E-state index contributed by atoms with van der Waals surface area (Å²) in [6, 6.07) is 7.96. The predicted molar refractivity (Wildman–Crippen MR) is 122 cm³/mol. The molecule has 0 radical (unpaired) electrons. The minimum atomic E-state index is -0.0824. The van der Waals surface area contributed by atoms with E-state index in [0.29, 0.717) is 13.2 Å². The van der Waals surface area contributed by atoms with Crippen molar-refractivity contribution in [2.45, 2.75) is 45.5 Å². The van der Waals surface area contributed by atoms with E-state index < -0.39 is 0 Å². The molecule has 0 aliphatic carbocycles. The second-order valence-electron chi connectivity index (χ2n) is 6.75. The zero-order valence-corrected chi connectivity index (χ0v) is 19.3. The monoisotopic (exact) mass is 513 g/mol. The summed E-state index contributed by atoms with van der Waals surface area (Å²) in [5, 5.41) is 14.1. The standard InChI is InChI=1S/C19H27N7O2.HI/c1-13(27)22-15-6-4-5-14(9-15)10-21-19(20-2)23-16-7-8-18-24-17(12-28-3)25-26(18)11-16;/h4-6,9,16H,7-8,10-12H2,1-3H3,(H,22,27)(H2,20,21,23);1H. The Balaban J connectivity index is 0.00000300. The van der Waals surface area contributed by atoms with Gasteiger partial charge in [-0.1, -0.05) is 12.1 Å². The van der Waals surface area contributed by atoms with Crippen LogP contribution in [-0.2, 0) is 35.6 Å². The Hall–Kier alpha value is -2.21. The molecule has 158 valence electrons. The van der Waals surface area contributed by atoms with Crippen LogP contribution in [0.3, 0.4) is 0 Å². The number of ether oxygens (including phenoxy) is 1. The Morgan fingerprint density at radius 2 is 2.24 bits per heavy atom. The zero-order chi connectivity index (χ0) is 19.9. The molecule has 0 saturated heterocycles. The van der Waals surface area contributed by atoms with Crippen LogP contribution in [0, 0.1) is 0 Å². The number of carbonyl (C=O) groups excluding carboxylic acids is 1. The first-order chi connectivity index (χ1) is 13.6. The molecule has 2 aromatic rings. The Kier molecular flexibility index (Phi) is 8.83. The van der Waals surface area contributed by atoms with E-state index in [9.17, 15) is 4.79 Å². The highest BCUT2D eigenvalue weighted by atomic mass is 127. The molecular formula is C19H28IN7O2. The van der Waals surface area contributed by atoms with E-state index in [4.69, 9.17) is 4.74 Å². The number of nitrogens with zero attached hydrogens (tertiary/aromatic N) is 4. The van der Waals surface area contributed by atoms with Crippen LogP contribution < -0.4 is 16.0 Å². The number of methoxy groups -OCH3 is 1. The fourth-order valence-electron chi connectivity index (χ4n) is 3.20. The summed E-state index contributed by atoms with van der Waals surface area (Å²) in [6.07, 6.45) is 1.83. The fraction of sp³-hybridized carbons (Fsp3) is 0.474. The van der Waals surface area contributed by atoms with Crippen molar-refractivity contribution in [1.82, 2.24) is 25.4 Å². The van der Waals surface area contributed by atoms with Crippen molar-refractivity contribution < 1.29 is 9.53 Å². The van der Waals surface area contributed by atoms with Crippen LogP contribution in [0.5, 0.6) is 0 Å². The van der Waals surface area contributed by atoms with Crippen LogP contribution in [0.1, 0.15) is 30.6 Å². The van der Waals surface area contributed by atoms with Crippen molar-refractivity contribution in [1.29, 1.82) is 0 Å². The van der Waals surface area contributed by atoms with Crippen molar-refractivity contribution >= 4 is 41.5 Å². The molecule has 0 spiro atoms. The number of amides is 1. The number of nitrogens with one attached hydrogen (secondary N) is 3. The zero-order valence-electron chi connectivity index (χ0n) is 16.9. The van der Waals surface area contributed by atoms with Gasteiger partial charge in [0.15, 0.2) is 11.8 Å². The molecule has 1 atom stereocenters. The molecule has 1 aliphatic rings. The van der Waals surface area contributed by atoms with Crippen LogP contribution in [-0.4, -0.2) is 46.8 Å². The predicted octanol–water partition coefficient (Wildman–Crippen LogP) is 1.68. The smallest absolute Gasteiger partial charge is 0.221 e. The van der Waals surface area contributed by atoms with Crippen molar-refractivity contribution in [3.8, 4) is 0 Å². The number of anilines is 1. The van der Waals surface area contributed by atoms with Gasteiger partial charge in [-0.3, -0.25) is 9.79 Å². The number of carbonyl (C=O) groups is 1. The minimum absolute atomic E-state index is 0. The average Bonchev–Trinajstić information content (AvgIpc) is 3.07. The summed E-state index contributed by atoms with van der Waals surface area (Å²) in [7, 11) is 3.40. The van der Waals surface area contributed by atoms with Gasteiger partial charge in [-0.2, -0.15) is 5.10 Å². The molecule has 1 aromatic carbocycles. The minimum Gasteiger partial charge on any atom is -0.377 e. The van der Waals surface area contributed by atoms with Gasteiger partial charge in [0.05, 0.1) is 6.54 Å². The van der Waals surface area contributed by atoms with Crippen molar-refractivity contribution in [3.63, 3.8) is 0 Å². The molecule has 1 unspecified atom stereocenters. The maximum atomic E-state index is 11.2. The van der Waals surface area contributed by atoms with Gasteiger partial charge in [-0.15, -0.1) is 24.0 Å². The van der Waals surface area contributed by atoms with Crippen molar-refractivity contribution in [2.75, 3.05) is 19.5 Å². The molecule has 1 amide bonds. The van der Waals surface area contributed by atoms with Crippen molar-refractivity contribution in [2.24, 2.45) is 4.99 Å². The fourth-order valence-corrected chi connectivity index (χ4v) is 3.20. The SMILES string of the molecule is CN=C(NCc1cccc(NC(C)=O)c1)NC1CCc2nc(COC)nn2C1.I. The van der Waals surface area contributed by atoms with Crippen LogP contribution in [0.4, 0.5) is 5.69 Å². The number of halogens is 1. The number of rotatable bonds is 6. The first-order valence-electron chi connectivity index (χ1n) is 9.32. The maximum Gasteiger partial charge on any atom is 0.221 e. The van der Waals surface area contributed by atoms with E-state index in [1.54, 1.807) is 14.2 Å². The first-order valence-corrected chi connectivity index (χ1v) is 9.32. The van der Waals surface area contributed by atoms with E-state index >= 15 is 0 Å². The molecule has 0 fully saturated rings. The normalized spacial score (nSPS) is 15.8. The van der Waals surface area contributed by atoms with Gasteiger partial charge in [0, 0.05) is 45.8 Å². The van der Waals surface area contributed by atoms with Gasteiger partial charge in [-0.25, -0.2) is 9.67 Å². The molecule has 3 N–H and O–H groups in total. The Morgan fingerprint density at radius 3 is 2.97 bits per heavy atom. The van der Waals surface area contributed by atoms with E-state index in [2.05, 4.69) is 31.0 Å². The number of fused-ring (bicyclic) bond motifs is 1. The maximum absolute atomic E-state index is 11.2. The lowest BCUT2D eigenvalue weighted by Gasteiger charge is -2.25. The molecule has 0 saturated carbocycles. The van der Waals surface area contributed by atoms with E-state index in [1.807, 2.05) is 28.9 Å². The van der Waals surface area contributed by atoms with E-state index in [0.717, 1.165) is 48.2 Å². The number of aromatic nitrogens is 3. The number of guanidine groups is 1. The highest BCUT2D eigenvalue weighted by Crippen LogP contribution is 2.14. The molecule has 29 heavy (non-hydrogen) atoms. The molecule has 3 rings (SSSR count). The second-order valence-corrected chi connectivity index (χ2v) is 6.75. The van der Waals surface area contributed by atoms with Crippen LogP contribution in [0.25, 0.3) is 0 Å². The lowest BCUT2D eigenvalue weighted by molar-refractivity contribution is -0.114. The first kappa shape index (κ1) is 23.1. The number of hydrogen-bond donors (Lipinski definition) is 3. The van der Waals surface area contributed by atoms with Gasteiger partial charge in [0.25, 0.3) is 0 Å². The third kappa shape index (κ3) is 6.67. The van der Waals surface area contributed by atoms with E-state index in [1.165, 1.54) is 6.92 Å². The number of hydrogen-bond acceptors (Lipinski definition) is 5. The van der Waals surface area contributed by atoms with Gasteiger partial charge >= 0.3 is 0 Å². The number of benzene rings is 1. The summed E-state index contributed by atoms with van der Waals surface area (Å²) in [4.78, 5) is 20.0. The topological polar surface area (TPSA) is 105 Å². The highest BCUT2D eigenvalue weighted by molar-refractivity contribution is 14.0. The Morgan fingerprint density at radius 1 is 1.41 bits per heavy atom. The molecule has 1 aromatic heterocycles. The third-order valence-corrected chi connectivity index (χ3v) is 4.45. The molecule has 9 nitrogen and oxygen atoms in total. The van der Waals surface area contributed by atoms with Crippen molar-refractivity contribution in [3.05, 3.63) is 41.5 Å². The van der Waals surface area contributed by atoms with Gasteiger partial charge in [0.2, 0.25) is 5.91 Å². The van der Waals surface area contributed by atoms with Crippen LogP contribution >= 0.6 is 24.0 Å². The molecule has 0 bridgehead atoms. The molecule has 1 aliphatic heterocycles. The summed E-state index contributed by atoms with van der Waals surface area (Å²) in [5.41, 5.74) is 1.84. The Bertz CT molecular complexity index is 853. The third-order valence-electron chi connectivity index (χ3n) is 4.45. The second kappa shape index (κ2) is 11.1. The highest BCUT2D eigenvalue weighted by Gasteiger charge is 2.22. The summed E-state index contributed by atoms with van der Waals surface area (Å²) < 4.78 is 7.06. The largest absolute Gasteiger partial charge is 0.377 e. The Labute approximate surface area is 187 Å². The lowest BCUT2D eigenvalue weighted by atomic mass is 10.1. The average molecular weight is 513 g/mol. The number of aryl methyl sites for hydroxylation is 1. The summed E-state index contributed by atoms with van der Waals surface area (Å²) >= 11 is 0. The molecule has 10 heteroatoms. The van der Waals surface area contributed by atoms with Crippen LogP contribution in [0.15, 0.2) is 29.3 Å². The molecular weight excluding hydrogens is 485 g/mol. The molecule has 2 heterocycles. The summed E-state index contributed by atoms with van der Waals surface area (Å²) in [5.74, 6) is 2.37. The summed E-state index contributed by atoms with van der Waals surface area (Å²) in [6.45, 7) is 3.27. The quantitative estimate of drug-likeness (QED) is 0.309. The number of aliphatic imine (C=N–C) groups is 1.